The van der Waals surface area contributed by atoms with E-state index in [0.717, 1.165) is 18.2 Å². The molecule has 0 aliphatic heterocycles. The van der Waals surface area contributed by atoms with E-state index in [-0.39, 0.29) is 11.3 Å². The van der Waals surface area contributed by atoms with Gasteiger partial charge in [-0.25, -0.2) is 13.9 Å². The Morgan fingerprint density at radius 2 is 1.60 bits per heavy atom. The van der Waals surface area contributed by atoms with E-state index in [9.17, 15) is 14.0 Å². The van der Waals surface area contributed by atoms with Crippen LogP contribution >= 0.6 is 0 Å². The fraction of sp³-hybridized carbons (Fsp3) is 0.364. The van der Waals surface area contributed by atoms with Crippen molar-refractivity contribution in [1.82, 2.24) is 0 Å². The van der Waals surface area contributed by atoms with E-state index in [1.54, 1.807) is 25.9 Å². The van der Waals surface area contributed by atoms with E-state index in [4.69, 9.17) is 0 Å². The molecule has 0 aromatic heterocycles. The molecule has 0 amide bonds. The molecule has 15 heavy (non-hydrogen) atoms. The van der Waals surface area contributed by atoms with Crippen molar-refractivity contribution < 1.29 is 13.9 Å². The molecule has 1 N–H and O–H groups in total. The number of nitrogens with one attached hydrogen (secondary N) is 1. The maximum atomic E-state index is 12.9. The summed E-state index contributed by atoms with van der Waals surface area (Å²) < 4.78 is 25.9. The van der Waals surface area contributed by atoms with Crippen LogP contribution in [0.3, 0.4) is 0 Å². The molecule has 0 bridgehead atoms. The Bertz CT molecular complexity index is 374. The van der Waals surface area contributed by atoms with Crippen LogP contribution < -0.4 is 5.16 Å². The lowest BCUT2D eigenvalue weighted by molar-refractivity contribution is -0.377. The Hall–Kier alpha value is -1.45. The van der Waals surface area contributed by atoms with Crippen LogP contribution in [-0.2, 0) is 0 Å². The van der Waals surface area contributed by atoms with Crippen LogP contribution in [0.4, 0.5) is 8.78 Å². The van der Waals surface area contributed by atoms with Gasteiger partial charge in [0.25, 0.3) is 0 Å². The van der Waals surface area contributed by atoms with Crippen LogP contribution in [0.5, 0.6) is 0 Å². The summed E-state index contributed by atoms with van der Waals surface area (Å²) >= 11 is 0. The van der Waals surface area contributed by atoms with Gasteiger partial charge in [0, 0.05) is 17.0 Å². The third-order valence-corrected chi connectivity index (χ3v) is 2.00. The van der Waals surface area contributed by atoms with Gasteiger partial charge < -0.3 is 5.21 Å². The van der Waals surface area contributed by atoms with E-state index in [0.29, 0.717) is 0 Å². The first-order valence-corrected chi connectivity index (χ1v) is 4.56. The van der Waals surface area contributed by atoms with Crippen LogP contribution in [0.2, 0.25) is 0 Å². The molecule has 82 valence electrons. The Morgan fingerprint density at radius 1 is 1.13 bits per heavy atom. The smallest absolute Gasteiger partial charge is 0.198 e. The van der Waals surface area contributed by atoms with Crippen LogP contribution in [-0.4, -0.2) is 5.71 Å². The minimum atomic E-state index is -0.693. The molecule has 4 heteroatoms. The summed E-state index contributed by atoms with van der Waals surface area (Å²) in [5.74, 6) is -1.39. The summed E-state index contributed by atoms with van der Waals surface area (Å²) in [6.07, 6.45) is 0. The molecule has 0 spiro atoms. The van der Waals surface area contributed by atoms with Crippen molar-refractivity contribution in [3.05, 3.63) is 40.6 Å². The molecule has 0 heterocycles. The zero-order valence-corrected chi connectivity index (χ0v) is 8.90. The van der Waals surface area contributed by atoms with Crippen LogP contribution in [0, 0.1) is 22.3 Å². The molecular weight excluding hydrogens is 200 g/mol. The second-order valence-corrected chi connectivity index (χ2v) is 4.39. The van der Waals surface area contributed by atoms with Gasteiger partial charge in [0.2, 0.25) is 0 Å². The molecule has 1 aromatic rings. The predicted molar refractivity (Wildman–Crippen MR) is 54.3 cm³/mol. The fourth-order valence-corrected chi connectivity index (χ4v) is 1.34. The van der Waals surface area contributed by atoms with E-state index in [1.165, 1.54) is 0 Å². The van der Waals surface area contributed by atoms with Crippen molar-refractivity contribution in [2.24, 2.45) is 5.41 Å². The van der Waals surface area contributed by atoms with Crippen molar-refractivity contribution in [3.63, 3.8) is 0 Å². The SMILES string of the molecule is CC(C)(C)C(=[NH+][O-])c1cc(F)cc(F)c1. The molecular formula is C11H13F2NO. The highest BCUT2D eigenvalue weighted by molar-refractivity contribution is 5.99. The van der Waals surface area contributed by atoms with Gasteiger partial charge in [0.15, 0.2) is 5.71 Å². The first-order valence-electron chi connectivity index (χ1n) is 4.56. The normalized spacial score (nSPS) is 13.0. The second-order valence-electron chi connectivity index (χ2n) is 4.39. The van der Waals surface area contributed by atoms with Gasteiger partial charge in [-0.1, -0.05) is 20.8 Å². The Morgan fingerprint density at radius 3 is 1.93 bits per heavy atom. The standard InChI is InChI=1S/C11H13F2NO/c1-11(2,3)10(14-15)7-4-8(12)6-9(13)5-7/h4-6,14H,1-3H3. The average Bonchev–Trinajstić information content (AvgIpc) is 1.99. The summed E-state index contributed by atoms with van der Waals surface area (Å²) in [5.41, 5.74) is 0.0259. The molecule has 2 nitrogen and oxygen atoms in total. The number of hydrogen-bond acceptors (Lipinski definition) is 1. The number of hydrogen-bond donors (Lipinski definition) is 1. The monoisotopic (exact) mass is 213 g/mol. The van der Waals surface area contributed by atoms with Crippen molar-refractivity contribution in [2.45, 2.75) is 20.8 Å². The summed E-state index contributed by atoms with van der Waals surface area (Å²) in [7, 11) is 0. The van der Waals surface area contributed by atoms with E-state index in [2.05, 4.69) is 0 Å². The lowest BCUT2D eigenvalue weighted by Crippen LogP contribution is -2.69. The van der Waals surface area contributed by atoms with Crippen LogP contribution in [0.1, 0.15) is 26.3 Å². The predicted octanol–water partition coefficient (Wildman–Crippen LogP) is 1.38. The molecule has 0 atom stereocenters. The summed E-state index contributed by atoms with van der Waals surface area (Å²) in [6.45, 7) is 5.36. The summed E-state index contributed by atoms with van der Waals surface area (Å²) in [6, 6.07) is 3.04. The topological polar surface area (TPSA) is 37.0 Å². The van der Waals surface area contributed by atoms with E-state index >= 15 is 0 Å². The minimum absolute atomic E-state index is 0.245. The highest BCUT2D eigenvalue weighted by Crippen LogP contribution is 2.20. The quantitative estimate of drug-likeness (QED) is 0.427. The van der Waals surface area contributed by atoms with Crippen LogP contribution in [0.25, 0.3) is 0 Å². The summed E-state index contributed by atoms with van der Waals surface area (Å²) in [4.78, 5) is 0. The van der Waals surface area contributed by atoms with Gasteiger partial charge in [0.05, 0.1) is 0 Å². The summed E-state index contributed by atoms with van der Waals surface area (Å²) in [5, 5.41) is 12.5. The van der Waals surface area contributed by atoms with Crippen molar-refractivity contribution in [1.29, 1.82) is 0 Å². The minimum Gasteiger partial charge on any atom is -0.625 e. The maximum absolute atomic E-state index is 12.9. The third-order valence-electron chi connectivity index (χ3n) is 2.00. The van der Waals surface area contributed by atoms with Gasteiger partial charge in [0.1, 0.15) is 11.6 Å². The Labute approximate surface area is 87.2 Å². The molecule has 0 saturated heterocycles. The highest BCUT2D eigenvalue weighted by atomic mass is 19.1. The molecule has 1 aromatic carbocycles. The van der Waals surface area contributed by atoms with Crippen molar-refractivity contribution >= 4 is 5.71 Å². The lowest BCUT2D eigenvalue weighted by Gasteiger charge is -2.17. The number of rotatable bonds is 1. The molecule has 1 rings (SSSR count). The molecule has 0 aliphatic rings. The molecule has 0 aliphatic carbocycles. The van der Waals surface area contributed by atoms with E-state index in [1.807, 2.05) is 0 Å². The molecule has 0 radical (unpaired) electrons. The van der Waals surface area contributed by atoms with Crippen molar-refractivity contribution in [3.8, 4) is 0 Å². The zero-order valence-electron chi connectivity index (χ0n) is 8.90. The number of halogens is 2. The zero-order chi connectivity index (χ0) is 11.6. The molecule has 0 fully saturated rings. The fourth-order valence-electron chi connectivity index (χ4n) is 1.34. The number of benzene rings is 1. The highest BCUT2D eigenvalue weighted by Gasteiger charge is 2.26. The van der Waals surface area contributed by atoms with Gasteiger partial charge in [-0.3, -0.25) is 0 Å². The Kier molecular flexibility index (Phi) is 3.07. The first-order chi connectivity index (χ1) is 6.84. The lowest BCUT2D eigenvalue weighted by atomic mass is 9.85. The average molecular weight is 213 g/mol. The van der Waals surface area contributed by atoms with E-state index < -0.39 is 17.0 Å². The molecule has 0 saturated carbocycles. The van der Waals surface area contributed by atoms with Gasteiger partial charge in [-0.15, -0.1) is 0 Å². The first kappa shape index (κ1) is 11.6. The van der Waals surface area contributed by atoms with Crippen LogP contribution in [0.15, 0.2) is 18.2 Å². The third kappa shape index (κ3) is 2.75. The van der Waals surface area contributed by atoms with Gasteiger partial charge in [-0.2, -0.15) is 0 Å². The second kappa shape index (κ2) is 3.96. The maximum Gasteiger partial charge on any atom is 0.198 e. The van der Waals surface area contributed by atoms with Gasteiger partial charge in [-0.05, 0) is 12.1 Å². The largest absolute Gasteiger partial charge is 0.625 e. The Balaban J connectivity index is 3.26. The van der Waals surface area contributed by atoms with Gasteiger partial charge >= 0.3 is 0 Å². The molecule has 0 unspecified atom stereocenters. The van der Waals surface area contributed by atoms with Crippen molar-refractivity contribution in [2.75, 3.05) is 0 Å².